The molecule has 2 aromatic heterocycles. The first kappa shape index (κ1) is 23.8. The molecule has 2 aliphatic rings. The Morgan fingerprint density at radius 1 is 1.03 bits per heavy atom. The van der Waals surface area contributed by atoms with Crippen molar-refractivity contribution >= 4 is 11.7 Å². The molecule has 1 saturated heterocycles. The summed E-state index contributed by atoms with van der Waals surface area (Å²) in [5.74, 6) is -1.84. The molecule has 0 unspecified atom stereocenters. The number of H-pyrrole nitrogens is 1. The summed E-state index contributed by atoms with van der Waals surface area (Å²) in [5, 5.41) is 0. The summed E-state index contributed by atoms with van der Waals surface area (Å²) in [5.41, 5.74) is 1.24. The number of ether oxygens (including phenoxy) is 1. The van der Waals surface area contributed by atoms with Crippen LogP contribution in [0, 0.1) is 17.5 Å². The number of fused-ring (bicyclic) bond motifs is 1. The molecular weight excluding hydrogens is 475 g/mol. The standard InChI is InChI=1S/C25H24F3N5O3/c1-14(34)33-11-8-19-21(13-33)29-23(20-4-3-17(27)25(35)31-20)24(30-19)32-9-6-16(7-10-32)36-22-5-2-15(26)12-18(22)28/h2-5,12,16H,6-11,13H2,1H3,(H,31,35). The maximum Gasteiger partial charge on any atom is 0.284 e. The summed E-state index contributed by atoms with van der Waals surface area (Å²) in [6, 6.07) is 5.74. The van der Waals surface area contributed by atoms with Crippen molar-refractivity contribution in [3.8, 4) is 17.1 Å². The van der Waals surface area contributed by atoms with Gasteiger partial charge < -0.3 is 19.5 Å². The maximum atomic E-state index is 14.0. The third-order valence-corrected chi connectivity index (χ3v) is 6.48. The predicted octanol–water partition coefficient (Wildman–Crippen LogP) is 3.20. The number of carbonyl (C=O) groups excluding carboxylic acids is 1. The predicted molar refractivity (Wildman–Crippen MR) is 125 cm³/mol. The fourth-order valence-corrected chi connectivity index (χ4v) is 4.52. The monoisotopic (exact) mass is 499 g/mol. The van der Waals surface area contributed by atoms with Crippen LogP contribution in [0.25, 0.3) is 11.4 Å². The van der Waals surface area contributed by atoms with Gasteiger partial charge in [-0.3, -0.25) is 9.59 Å². The van der Waals surface area contributed by atoms with E-state index < -0.39 is 23.0 Å². The van der Waals surface area contributed by atoms with Crippen LogP contribution in [0.15, 0.2) is 35.1 Å². The number of anilines is 1. The Balaban J connectivity index is 1.42. The number of piperidine rings is 1. The van der Waals surface area contributed by atoms with Gasteiger partial charge in [-0.05, 0) is 24.3 Å². The largest absolute Gasteiger partial charge is 0.487 e. The molecule has 0 saturated carbocycles. The molecular formula is C25H24F3N5O3. The molecule has 1 N–H and O–H groups in total. The molecule has 36 heavy (non-hydrogen) atoms. The van der Waals surface area contributed by atoms with Crippen LogP contribution in [0.2, 0.25) is 0 Å². The summed E-state index contributed by atoms with van der Waals surface area (Å²) >= 11 is 0. The van der Waals surface area contributed by atoms with Crippen molar-refractivity contribution in [1.82, 2.24) is 19.9 Å². The van der Waals surface area contributed by atoms with Crippen molar-refractivity contribution in [2.24, 2.45) is 0 Å². The number of aromatic nitrogens is 3. The Labute approximate surface area is 204 Å². The maximum absolute atomic E-state index is 14.0. The number of benzene rings is 1. The number of rotatable bonds is 4. The molecule has 1 aromatic carbocycles. The Morgan fingerprint density at radius 3 is 2.50 bits per heavy atom. The number of halogens is 3. The van der Waals surface area contributed by atoms with Crippen LogP contribution in [0.4, 0.5) is 19.0 Å². The summed E-state index contributed by atoms with van der Waals surface area (Å²) in [7, 11) is 0. The lowest BCUT2D eigenvalue weighted by Gasteiger charge is -2.35. The zero-order valence-electron chi connectivity index (χ0n) is 19.6. The molecule has 5 rings (SSSR count). The number of hydrogen-bond acceptors (Lipinski definition) is 6. The van der Waals surface area contributed by atoms with Crippen LogP contribution in [0.1, 0.15) is 31.2 Å². The Kier molecular flexibility index (Phi) is 6.38. The highest BCUT2D eigenvalue weighted by Gasteiger charge is 2.29. The topological polar surface area (TPSA) is 91.4 Å². The van der Waals surface area contributed by atoms with Crippen molar-refractivity contribution in [2.45, 2.75) is 38.8 Å². The highest BCUT2D eigenvalue weighted by atomic mass is 19.1. The van der Waals surface area contributed by atoms with Crippen LogP contribution >= 0.6 is 0 Å². The van der Waals surface area contributed by atoms with E-state index in [1.165, 1.54) is 19.1 Å². The van der Waals surface area contributed by atoms with E-state index in [1.54, 1.807) is 4.90 Å². The number of aromatic amines is 1. The van der Waals surface area contributed by atoms with E-state index in [4.69, 9.17) is 14.7 Å². The van der Waals surface area contributed by atoms with Gasteiger partial charge in [-0.1, -0.05) is 0 Å². The number of carbonyl (C=O) groups is 1. The van der Waals surface area contributed by atoms with Crippen molar-refractivity contribution in [2.75, 3.05) is 24.5 Å². The third kappa shape index (κ3) is 4.77. The molecule has 0 bridgehead atoms. The van der Waals surface area contributed by atoms with Crippen molar-refractivity contribution < 1.29 is 22.7 Å². The molecule has 2 aliphatic heterocycles. The molecule has 3 aromatic rings. The molecule has 0 radical (unpaired) electrons. The van der Waals surface area contributed by atoms with Crippen LogP contribution in [-0.2, 0) is 17.8 Å². The summed E-state index contributed by atoms with van der Waals surface area (Å²) in [4.78, 5) is 39.7. The van der Waals surface area contributed by atoms with Gasteiger partial charge in [-0.25, -0.2) is 23.1 Å². The van der Waals surface area contributed by atoms with Gasteiger partial charge in [0.15, 0.2) is 23.2 Å². The molecule has 1 fully saturated rings. The number of pyridine rings is 1. The highest BCUT2D eigenvalue weighted by molar-refractivity contribution is 5.74. The normalized spacial score (nSPS) is 16.1. The lowest BCUT2D eigenvalue weighted by atomic mass is 10.1. The summed E-state index contributed by atoms with van der Waals surface area (Å²) in [6.07, 6.45) is 1.36. The van der Waals surface area contributed by atoms with Gasteiger partial charge in [0.2, 0.25) is 5.91 Å². The Hall–Kier alpha value is -3.89. The van der Waals surface area contributed by atoms with Crippen LogP contribution in [-0.4, -0.2) is 51.5 Å². The quantitative estimate of drug-likeness (QED) is 0.593. The van der Waals surface area contributed by atoms with Gasteiger partial charge in [0.05, 0.1) is 23.6 Å². The fraction of sp³-hybridized carbons (Fsp3) is 0.360. The Morgan fingerprint density at radius 2 is 1.81 bits per heavy atom. The van der Waals surface area contributed by atoms with E-state index in [1.807, 2.05) is 4.90 Å². The van der Waals surface area contributed by atoms with Gasteiger partial charge >= 0.3 is 0 Å². The second-order valence-corrected chi connectivity index (χ2v) is 8.91. The van der Waals surface area contributed by atoms with Crippen LogP contribution < -0.4 is 15.2 Å². The zero-order valence-corrected chi connectivity index (χ0v) is 19.6. The van der Waals surface area contributed by atoms with Crippen molar-refractivity contribution in [3.05, 3.63) is 69.5 Å². The average molecular weight is 499 g/mol. The summed E-state index contributed by atoms with van der Waals surface area (Å²) in [6.45, 7) is 3.35. The van der Waals surface area contributed by atoms with Gasteiger partial charge in [-0.2, -0.15) is 0 Å². The second-order valence-electron chi connectivity index (χ2n) is 8.91. The molecule has 0 atom stereocenters. The molecule has 4 heterocycles. The zero-order chi connectivity index (χ0) is 25.4. The van der Waals surface area contributed by atoms with E-state index >= 15 is 0 Å². The Bertz CT molecular complexity index is 1370. The minimum absolute atomic E-state index is 0.00280. The fourth-order valence-electron chi connectivity index (χ4n) is 4.52. The van der Waals surface area contributed by atoms with Crippen LogP contribution in [0.3, 0.4) is 0 Å². The number of amides is 1. The van der Waals surface area contributed by atoms with Crippen molar-refractivity contribution in [1.29, 1.82) is 0 Å². The molecule has 8 nitrogen and oxygen atoms in total. The first-order valence-electron chi connectivity index (χ1n) is 11.7. The van der Waals surface area contributed by atoms with Gasteiger partial charge in [0.1, 0.15) is 17.6 Å². The van der Waals surface area contributed by atoms with Crippen molar-refractivity contribution in [3.63, 3.8) is 0 Å². The van der Waals surface area contributed by atoms with E-state index in [0.29, 0.717) is 68.3 Å². The average Bonchev–Trinajstić information content (AvgIpc) is 2.86. The minimum atomic E-state index is -0.903. The highest BCUT2D eigenvalue weighted by Crippen LogP contribution is 2.32. The molecule has 188 valence electrons. The minimum Gasteiger partial charge on any atom is -0.487 e. The van der Waals surface area contributed by atoms with Gasteiger partial charge in [-0.15, -0.1) is 0 Å². The first-order chi connectivity index (χ1) is 17.3. The lowest BCUT2D eigenvalue weighted by molar-refractivity contribution is -0.129. The summed E-state index contributed by atoms with van der Waals surface area (Å²) < 4.78 is 46.6. The first-order valence-corrected chi connectivity index (χ1v) is 11.7. The third-order valence-electron chi connectivity index (χ3n) is 6.48. The number of nitrogens with zero attached hydrogens (tertiary/aromatic N) is 4. The molecule has 1 amide bonds. The van der Waals surface area contributed by atoms with E-state index in [2.05, 4.69) is 4.98 Å². The molecule has 11 heteroatoms. The second kappa shape index (κ2) is 9.63. The van der Waals surface area contributed by atoms with E-state index in [9.17, 15) is 22.8 Å². The van der Waals surface area contributed by atoms with Gasteiger partial charge in [0.25, 0.3) is 5.56 Å². The smallest absolute Gasteiger partial charge is 0.284 e. The number of nitrogens with one attached hydrogen (secondary N) is 1. The SMILES string of the molecule is CC(=O)N1CCc2nc(N3CCC(Oc4ccc(F)cc4F)CC3)c(-c3ccc(F)c(=O)[nH]3)nc2C1. The van der Waals surface area contributed by atoms with Gasteiger partial charge in [0, 0.05) is 51.9 Å². The lowest BCUT2D eigenvalue weighted by Crippen LogP contribution is -2.40. The molecule has 0 spiro atoms. The van der Waals surface area contributed by atoms with Crippen LogP contribution in [0.5, 0.6) is 5.75 Å². The number of hydrogen-bond donors (Lipinski definition) is 1. The van der Waals surface area contributed by atoms with E-state index in [0.717, 1.165) is 23.9 Å². The van der Waals surface area contributed by atoms with E-state index in [-0.39, 0.29) is 17.8 Å². The molecule has 0 aliphatic carbocycles.